The first-order valence-electron chi connectivity index (χ1n) is 7.34. The molecular formula is C17H13Cl2N3O2S. The first kappa shape index (κ1) is 17.8. The number of nitrogens with zero attached hydrogens (tertiary/aromatic N) is 2. The second kappa shape index (κ2) is 7.91. The van der Waals surface area contributed by atoms with Gasteiger partial charge in [0.05, 0.1) is 5.25 Å². The Morgan fingerprint density at radius 2 is 1.84 bits per heavy atom. The third-order valence-electron chi connectivity index (χ3n) is 3.22. The monoisotopic (exact) mass is 393 g/mol. The molecule has 1 aromatic heterocycles. The van der Waals surface area contributed by atoms with Crippen molar-refractivity contribution >= 4 is 46.6 Å². The highest BCUT2D eigenvalue weighted by molar-refractivity contribution is 8.00. The predicted octanol–water partition coefficient (Wildman–Crippen LogP) is 5.16. The molecule has 8 heteroatoms. The molecule has 2 aromatic carbocycles. The van der Waals surface area contributed by atoms with Crippen LogP contribution in [-0.2, 0) is 4.79 Å². The molecule has 0 saturated carbocycles. The molecule has 1 heterocycles. The van der Waals surface area contributed by atoms with Crippen molar-refractivity contribution in [2.24, 2.45) is 0 Å². The minimum absolute atomic E-state index is 0.185. The Bertz CT molecular complexity index is 901. The van der Waals surface area contributed by atoms with Crippen LogP contribution in [0.15, 0.2) is 58.2 Å². The highest BCUT2D eigenvalue weighted by Gasteiger charge is 2.19. The maximum absolute atomic E-state index is 12.3. The van der Waals surface area contributed by atoms with E-state index >= 15 is 0 Å². The van der Waals surface area contributed by atoms with Crippen molar-refractivity contribution in [3.63, 3.8) is 0 Å². The molecule has 1 amide bonds. The van der Waals surface area contributed by atoms with Crippen LogP contribution in [0.4, 0.5) is 5.69 Å². The smallest absolute Gasteiger partial charge is 0.277 e. The molecular weight excluding hydrogens is 381 g/mol. The summed E-state index contributed by atoms with van der Waals surface area (Å²) in [6.45, 7) is 1.76. The number of carbonyl (C=O) groups excluding carboxylic acids is 1. The molecule has 0 bridgehead atoms. The number of nitrogens with one attached hydrogen (secondary N) is 1. The van der Waals surface area contributed by atoms with Crippen LogP contribution in [0.5, 0.6) is 0 Å². The lowest BCUT2D eigenvalue weighted by molar-refractivity contribution is -0.115. The molecule has 0 aliphatic heterocycles. The average Bonchev–Trinajstić information content (AvgIpc) is 3.03. The van der Waals surface area contributed by atoms with Gasteiger partial charge in [-0.15, -0.1) is 10.2 Å². The lowest BCUT2D eigenvalue weighted by Gasteiger charge is -2.09. The largest absolute Gasteiger partial charge is 0.411 e. The Labute approximate surface area is 158 Å². The summed E-state index contributed by atoms with van der Waals surface area (Å²) in [6.07, 6.45) is 0. The Morgan fingerprint density at radius 1 is 1.12 bits per heavy atom. The SMILES string of the molecule is C[C@H](Sc1nnc(-c2cccc(Cl)c2)o1)C(=O)Nc1cccc(Cl)c1. The van der Waals surface area contributed by atoms with Gasteiger partial charge in [-0.2, -0.15) is 0 Å². The zero-order chi connectivity index (χ0) is 17.8. The van der Waals surface area contributed by atoms with Crippen LogP contribution in [0.1, 0.15) is 6.92 Å². The number of thioether (sulfide) groups is 1. The summed E-state index contributed by atoms with van der Waals surface area (Å²) >= 11 is 13.0. The standard InChI is InChI=1S/C17H13Cl2N3O2S/c1-10(15(23)20-14-7-3-6-13(19)9-14)25-17-22-21-16(24-17)11-4-2-5-12(18)8-11/h2-10H,1H3,(H,20,23)/t10-/m0/s1. The second-order valence-electron chi connectivity index (χ2n) is 5.14. The van der Waals surface area contributed by atoms with E-state index in [1.54, 1.807) is 49.4 Å². The van der Waals surface area contributed by atoms with Crippen LogP contribution in [0.2, 0.25) is 10.0 Å². The summed E-state index contributed by atoms with van der Waals surface area (Å²) in [5.41, 5.74) is 1.36. The highest BCUT2D eigenvalue weighted by atomic mass is 35.5. The van der Waals surface area contributed by atoms with E-state index in [0.29, 0.717) is 26.8 Å². The summed E-state index contributed by atoms with van der Waals surface area (Å²) in [5.74, 6) is 0.169. The fourth-order valence-electron chi connectivity index (χ4n) is 2.01. The lowest BCUT2D eigenvalue weighted by Crippen LogP contribution is -2.22. The maximum atomic E-state index is 12.3. The van der Waals surface area contributed by atoms with Gasteiger partial charge in [-0.1, -0.05) is 47.1 Å². The van der Waals surface area contributed by atoms with Gasteiger partial charge < -0.3 is 9.73 Å². The molecule has 0 fully saturated rings. The average molecular weight is 394 g/mol. The van der Waals surface area contributed by atoms with E-state index in [1.165, 1.54) is 11.8 Å². The van der Waals surface area contributed by atoms with Gasteiger partial charge in [0, 0.05) is 21.3 Å². The van der Waals surface area contributed by atoms with Crippen molar-refractivity contribution < 1.29 is 9.21 Å². The van der Waals surface area contributed by atoms with Crippen LogP contribution in [-0.4, -0.2) is 21.4 Å². The fraction of sp³-hybridized carbons (Fsp3) is 0.118. The number of aromatic nitrogens is 2. The number of halogens is 2. The van der Waals surface area contributed by atoms with E-state index < -0.39 is 5.25 Å². The maximum Gasteiger partial charge on any atom is 0.277 e. The molecule has 0 spiro atoms. The van der Waals surface area contributed by atoms with E-state index in [1.807, 2.05) is 6.07 Å². The summed E-state index contributed by atoms with van der Waals surface area (Å²) in [4.78, 5) is 12.3. The Hall–Kier alpha value is -2.02. The molecule has 0 aliphatic rings. The van der Waals surface area contributed by atoms with E-state index in [2.05, 4.69) is 15.5 Å². The van der Waals surface area contributed by atoms with Crippen LogP contribution >= 0.6 is 35.0 Å². The minimum atomic E-state index is -0.424. The fourth-order valence-corrected chi connectivity index (χ4v) is 3.07. The molecule has 0 unspecified atom stereocenters. The van der Waals surface area contributed by atoms with Crippen molar-refractivity contribution in [1.82, 2.24) is 10.2 Å². The van der Waals surface area contributed by atoms with Crippen LogP contribution in [0, 0.1) is 0 Å². The summed E-state index contributed by atoms with van der Waals surface area (Å²) in [6, 6.07) is 14.1. The van der Waals surface area contributed by atoms with Crippen molar-refractivity contribution in [3.05, 3.63) is 58.6 Å². The molecule has 128 valence electrons. The number of carbonyl (C=O) groups is 1. The van der Waals surface area contributed by atoms with Gasteiger partial charge in [-0.05, 0) is 43.3 Å². The van der Waals surface area contributed by atoms with Crippen molar-refractivity contribution in [1.29, 1.82) is 0 Å². The van der Waals surface area contributed by atoms with E-state index in [9.17, 15) is 4.79 Å². The van der Waals surface area contributed by atoms with Crippen LogP contribution in [0.25, 0.3) is 11.5 Å². The predicted molar refractivity (Wildman–Crippen MR) is 100 cm³/mol. The van der Waals surface area contributed by atoms with Crippen molar-refractivity contribution in [3.8, 4) is 11.5 Å². The zero-order valence-electron chi connectivity index (χ0n) is 13.1. The van der Waals surface area contributed by atoms with Gasteiger partial charge in [-0.3, -0.25) is 4.79 Å². The number of benzene rings is 2. The molecule has 0 radical (unpaired) electrons. The topological polar surface area (TPSA) is 68.0 Å². The minimum Gasteiger partial charge on any atom is -0.411 e. The first-order valence-corrected chi connectivity index (χ1v) is 8.97. The molecule has 0 saturated heterocycles. The van der Waals surface area contributed by atoms with E-state index in [4.69, 9.17) is 27.6 Å². The van der Waals surface area contributed by atoms with Crippen molar-refractivity contribution in [2.45, 2.75) is 17.4 Å². The summed E-state index contributed by atoms with van der Waals surface area (Å²) in [7, 11) is 0. The van der Waals surface area contributed by atoms with Gasteiger partial charge in [-0.25, -0.2) is 0 Å². The molecule has 1 atom stereocenters. The van der Waals surface area contributed by atoms with Crippen LogP contribution in [0.3, 0.4) is 0 Å². The number of anilines is 1. The second-order valence-corrected chi connectivity index (χ2v) is 7.31. The Morgan fingerprint density at radius 3 is 2.56 bits per heavy atom. The summed E-state index contributed by atoms with van der Waals surface area (Å²) in [5, 5.41) is 11.8. The van der Waals surface area contributed by atoms with Gasteiger partial charge in [0.1, 0.15) is 0 Å². The molecule has 5 nitrogen and oxygen atoms in total. The number of hydrogen-bond donors (Lipinski definition) is 1. The van der Waals surface area contributed by atoms with Gasteiger partial charge >= 0.3 is 0 Å². The Kier molecular flexibility index (Phi) is 5.63. The zero-order valence-corrected chi connectivity index (χ0v) is 15.4. The molecule has 3 rings (SSSR count). The first-order chi connectivity index (χ1) is 12.0. The lowest BCUT2D eigenvalue weighted by atomic mass is 10.2. The van der Waals surface area contributed by atoms with E-state index in [-0.39, 0.29) is 5.91 Å². The number of hydrogen-bond acceptors (Lipinski definition) is 5. The van der Waals surface area contributed by atoms with Gasteiger partial charge in [0.25, 0.3) is 5.22 Å². The number of rotatable bonds is 5. The number of amides is 1. The van der Waals surface area contributed by atoms with Gasteiger partial charge in [0.15, 0.2) is 0 Å². The van der Waals surface area contributed by atoms with E-state index in [0.717, 1.165) is 5.56 Å². The molecule has 1 N–H and O–H groups in total. The summed E-state index contributed by atoms with van der Waals surface area (Å²) < 4.78 is 5.60. The van der Waals surface area contributed by atoms with Gasteiger partial charge in [0.2, 0.25) is 11.8 Å². The Balaban J connectivity index is 1.65. The van der Waals surface area contributed by atoms with Crippen LogP contribution < -0.4 is 5.32 Å². The molecule has 0 aliphatic carbocycles. The molecule has 3 aromatic rings. The normalized spacial score (nSPS) is 12.0. The third kappa shape index (κ3) is 4.75. The molecule has 25 heavy (non-hydrogen) atoms. The third-order valence-corrected chi connectivity index (χ3v) is 4.62. The highest BCUT2D eigenvalue weighted by Crippen LogP contribution is 2.28. The van der Waals surface area contributed by atoms with Crippen molar-refractivity contribution in [2.75, 3.05) is 5.32 Å². The quantitative estimate of drug-likeness (QED) is 0.606.